The van der Waals surface area contributed by atoms with Crippen molar-refractivity contribution in [3.8, 4) is 0 Å². The van der Waals surface area contributed by atoms with Gasteiger partial charge < -0.3 is 15.8 Å². The second-order valence-corrected chi connectivity index (χ2v) is 5.79. The van der Waals surface area contributed by atoms with Gasteiger partial charge in [-0.2, -0.15) is 0 Å². The van der Waals surface area contributed by atoms with Crippen LogP contribution in [0.4, 0.5) is 0 Å². The van der Waals surface area contributed by atoms with Crippen molar-refractivity contribution in [2.45, 2.75) is 58.7 Å². The highest BCUT2D eigenvalue weighted by Gasteiger charge is 2.29. The summed E-state index contributed by atoms with van der Waals surface area (Å²) in [5.41, 5.74) is 5.61. The number of ether oxygens (including phenoxy) is 1. The molecule has 0 aliphatic carbocycles. The van der Waals surface area contributed by atoms with Gasteiger partial charge >= 0.3 is 0 Å². The van der Waals surface area contributed by atoms with Crippen LogP contribution < -0.4 is 11.1 Å². The van der Waals surface area contributed by atoms with Gasteiger partial charge in [-0.15, -0.1) is 0 Å². The summed E-state index contributed by atoms with van der Waals surface area (Å²) in [6, 6.07) is 0. The fourth-order valence-corrected chi connectivity index (χ4v) is 2.10. The van der Waals surface area contributed by atoms with Crippen LogP contribution in [-0.4, -0.2) is 31.2 Å². The molecule has 0 aromatic rings. The van der Waals surface area contributed by atoms with Gasteiger partial charge in [-0.25, -0.2) is 0 Å². The summed E-state index contributed by atoms with van der Waals surface area (Å²) in [6.45, 7) is 7.72. The Hall–Kier alpha value is -0.610. The van der Waals surface area contributed by atoms with Crippen LogP contribution in [0.25, 0.3) is 0 Å². The molecule has 3 N–H and O–H groups in total. The van der Waals surface area contributed by atoms with Crippen LogP contribution in [-0.2, 0) is 9.53 Å². The molecule has 1 aliphatic rings. The summed E-state index contributed by atoms with van der Waals surface area (Å²) in [6.07, 6.45) is 3.84. The maximum Gasteiger partial charge on any atom is 0.249 e. The van der Waals surface area contributed by atoms with Crippen LogP contribution in [0.5, 0.6) is 0 Å². The molecule has 0 aromatic heterocycles. The van der Waals surface area contributed by atoms with Crippen molar-refractivity contribution >= 4 is 5.91 Å². The Labute approximate surface area is 104 Å². The average molecular weight is 242 g/mol. The summed E-state index contributed by atoms with van der Waals surface area (Å²) in [7, 11) is 0. The minimum Gasteiger partial charge on any atom is -0.365 e. The third-order valence-corrected chi connectivity index (χ3v) is 3.32. The molecule has 0 saturated carbocycles. The lowest BCUT2D eigenvalue weighted by atomic mass is 9.87. The molecule has 1 saturated heterocycles. The molecule has 17 heavy (non-hydrogen) atoms. The van der Waals surface area contributed by atoms with E-state index in [9.17, 15) is 4.79 Å². The van der Waals surface area contributed by atoms with Crippen LogP contribution in [0.3, 0.4) is 0 Å². The molecular weight excluding hydrogens is 216 g/mol. The second kappa shape index (κ2) is 6.36. The first kappa shape index (κ1) is 14.5. The van der Waals surface area contributed by atoms with Crippen molar-refractivity contribution in [3.05, 3.63) is 0 Å². The molecule has 1 amide bonds. The molecule has 0 radical (unpaired) electrons. The highest BCUT2D eigenvalue weighted by Crippen LogP contribution is 2.22. The number of hydrogen-bond acceptors (Lipinski definition) is 3. The molecule has 0 aromatic carbocycles. The predicted molar refractivity (Wildman–Crippen MR) is 68.6 cm³/mol. The molecular formula is C13H26N2O2. The van der Waals surface area contributed by atoms with E-state index in [1.165, 1.54) is 0 Å². The zero-order valence-electron chi connectivity index (χ0n) is 11.3. The number of amides is 1. The number of carbonyl (C=O) groups excluding carboxylic acids is 1. The first-order chi connectivity index (χ1) is 7.94. The average Bonchev–Trinajstić information content (AvgIpc) is 2.70. The van der Waals surface area contributed by atoms with E-state index in [0.29, 0.717) is 13.1 Å². The van der Waals surface area contributed by atoms with Gasteiger partial charge in [-0.05, 0) is 44.6 Å². The van der Waals surface area contributed by atoms with Crippen molar-refractivity contribution in [2.24, 2.45) is 11.1 Å². The van der Waals surface area contributed by atoms with Crippen molar-refractivity contribution in [1.29, 1.82) is 0 Å². The molecule has 4 heteroatoms. The summed E-state index contributed by atoms with van der Waals surface area (Å²) < 4.78 is 5.54. The van der Waals surface area contributed by atoms with Crippen LogP contribution in [0, 0.1) is 5.41 Å². The maximum absolute atomic E-state index is 11.9. The lowest BCUT2D eigenvalue weighted by Gasteiger charge is -2.25. The van der Waals surface area contributed by atoms with E-state index in [2.05, 4.69) is 19.2 Å². The molecule has 0 spiro atoms. The Morgan fingerprint density at radius 2 is 2.18 bits per heavy atom. The van der Waals surface area contributed by atoms with Crippen molar-refractivity contribution in [1.82, 2.24) is 5.32 Å². The first-order valence-electron chi connectivity index (χ1n) is 6.58. The topological polar surface area (TPSA) is 64.4 Å². The highest BCUT2D eigenvalue weighted by molar-refractivity contribution is 5.81. The third kappa shape index (κ3) is 5.04. The van der Waals surface area contributed by atoms with E-state index in [-0.39, 0.29) is 23.5 Å². The Morgan fingerprint density at radius 3 is 2.71 bits per heavy atom. The van der Waals surface area contributed by atoms with E-state index in [0.717, 1.165) is 25.7 Å². The Balaban J connectivity index is 2.27. The van der Waals surface area contributed by atoms with Gasteiger partial charge in [-0.3, -0.25) is 4.79 Å². The molecule has 1 heterocycles. The minimum absolute atomic E-state index is 0.0372. The second-order valence-electron chi connectivity index (χ2n) is 5.79. The Bertz CT molecular complexity index is 254. The quantitative estimate of drug-likeness (QED) is 0.740. The number of hydrogen-bond donors (Lipinski definition) is 2. The van der Waals surface area contributed by atoms with Crippen LogP contribution >= 0.6 is 0 Å². The Morgan fingerprint density at radius 1 is 1.47 bits per heavy atom. The zero-order chi connectivity index (χ0) is 12.9. The molecule has 2 atom stereocenters. The van der Waals surface area contributed by atoms with Crippen LogP contribution in [0.15, 0.2) is 0 Å². The fourth-order valence-electron chi connectivity index (χ4n) is 2.10. The van der Waals surface area contributed by atoms with Crippen molar-refractivity contribution < 1.29 is 9.53 Å². The van der Waals surface area contributed by atoms with Gasteiger partial charge in [0.2, 0.25) is 5.91 Å². The Kier molecular flexibility index (Phi) is 5.40. The number of nitrogens with one attached hydrogen (secondary N) is 1. The van der Waals surface area contributed by atoms with Crippen molar-refractivity contribution in [3.63, 3.8) is 0 Å². The predicted octanol–water partition coefficient (Wildman–Crippen LogP) is 1.44. The summed E-state index contributed by atoms with van der Waals surface area (Å²) >= 11 is 0. The van der Waals surface area contributed by atoms with E-state index in [4.69, 9.17) is 10.5 Å². The molecule has 100 valence electrons. The van der Waals surface area contributed by atoms with Crippen LogP contribution in [0.2, 0.25) is 0 Å². The maximum atomic E-state index is 11.9. The van der Waals surface area contributed by atoms with Gasteiger partial charge in [0.25, 0.3) is 0 Å². The number of rotatable bonds is 6. The normalized spacial score (nSPS) is 24.9. The monoisotopic (exact) mass is 242 g/mol. The molecule has 0 bridgehead atoms. The lowest BCUT2D eigenvalue weighted by molar-refractivity contribution is -0.132. The minimum atomic E-state index is -0.240. The molecule has 4 nitrogen and oxygen atoms in total. The summed E-state index contributed by atoms with van der Waals surface area (Å²) in [5, 5.41) is 2.99. The smallest absolute Gasteiger partial charge is 0.249 e. The van der Waals surface area contributed by atoms with Crippen LogP contribution in [0.1, 0.15) is 46.5 Å². The SMILES string of the molecule is CC1CCC(C(=O)NCC(C)(C)CCCN)O1. The van der Waals surface area contributed by atoms with Gasteiger partial charge in [0, 0.05) is 6.54 Å². The zero-order valence-corrected chi connectivity index (χ0v) is 11.3. The van der Waals surface area contributed by atoms with Gasteiger partial charge in [0.15, 0.2) is 0 Å². The van der Waals surface area contributed by atoms with Gasteiger partial charge in [0.1, 0.15) is 6.10 Å². The first-order valence-corrected chi connectivity index (χ1v) is 6.58. The molecule has 1 rings (SSSR count). The molecule has 1 aliphatic heterocycles. The van der Waals surface area contributed by atoms with E-state index in [1.54, 1.807) is 0 Å². The van der Waals surface area contributed by atoms with E-state index >= 15 is 0 Å². The highest BCUT2D eigenvalue weighted by atomic mass is 16.5. The number of carbonyl (C=O) groups is 1. The number of nitrogens with two attached hydrogens (primary N) is 1. The lowest BCUT2D eigenvalue weighted by Crippen LogP contribution is -2.40. The third-order valence-electron chi connectivity index (χ3n) is 3.32. The largest absolute Gasteiger partial charge is 0.365 e. The van der Waals surface area contributed by atoms with Gasteiger partial charge in [-0.1, -0.05) is 13.8 Å². The standard InChI is InChI=1S/C13H26N2O2/c1-10-5-6-11(17-10)12(16)15-9-13(2,3)7-4-8-14/h10-11H,4-9,14H2,1-3H3,(H,15,16). The molecule has 2 unspecified atom stereocenters. The van der Waals surface area contributed by atoms with E-state index < -0.39 is 0 Å². The fraction of sp³-hybridized carbons (Fsp3) is 0.923. The van der Waals surface area contributed by atoms with Crippen molar-refractivity contribution in [2.75, 3.05) is 13.1 Å². The summed E-state index contributed by atoms with van der Waals surface area (Å²) in [5.74, 6) is 0.0372. The molecule has 1 fully saturated rings. The van der Waals surface area contributed by atoms with Gasteiger partial charge in [0.05, 0.1) is 6.10 Å². The summed E-state index contributed by atoms with van der Waals surface area (Å²) in [4.78, 5) is 11.9. The van der Waals surface area contributed by atoms with E-state index in [1.807, 2.05) is 6.92 Å².